The topological polar surface area (TPSA) is 89.7 Å². The number of amides is 2. The molecule has 3 rings (SSSR count). The van der Waals surface area contributed by atoms with E-state index in [1.165, 1.54) is 6.42 Å². The Morgan fingerprint density at radius 2 is 2.26 bits per heavy atom. The smallest absolute Gasteiger partial charge is 0.315 e. The molecule has 0 fully saturated rings. The molecule has 8 nitrogen and oxygen atoms in total. The average Bonchev–Trinajstić information content (AvgIpc) is 3.10. The summed E-state index contributed by atoms with van der Waals surface area (Å²) in [5, 5.41) is 18.3. The van der Waals surface area contributed by atoms with Crippen molar-refractivity contribution in [3.05, 3.63) is 30.1 Å². The van der Waals surface area contributed by atoms with Crippen LogP contribution in [0.15, 0.2) is 18.5 Å². The van der Waals surface area contributed by atoms with Gasteiger partial charge in [0.05, 0.1) is 13.1 Å². The second-order valence-electron chi connectivity index (χ2n) is 5.95. The molecule has 0 saturated heterocycles. The van der Waals surface area contributed by atoms with E-state index in [0.717, 1.165) is 37.5 Å². The molecule has 1 atom stereocenters. The fraction of sp³-hybridized carbons (Fsp3) is 0.600. The lowest BCUT2D eigenvalue weighted by Crippen LogP contribution is -2.42. The van der Waals surface area contributed by atoms with Gasteiger partial charge in [0, 0.05) is 31.4 Å². The molecule has 0 spiro atoms. The lowest BCUT2D eigenvalue weighted by atomic mass is 10.2. The zero-order valence-electron chi connectivity index (χ0n) is 13.4. The largest absolute Gasteiger partial charge is 0.334 e. The van der Waals surface area contributed by atoms with Gasteiger partial charge in [0.1, 0.15) is 5.82 Å². The molecule has 1 aliphatic heterocycles. The molecule has 3 heterocycles. The van der Waals surface area contributed by atoms with Gasteiger partial charge in [-0.3, -0.25) is 4.68 Å². The van der Waals surface area contributed by atoms with E-state index >= 15 is 0 Å². The molecule has 2 N–H and O–H groups in total. The molecule has 2 aromatic rings. The fourth-order valence-corrected chi connectivity index (χ4v) is 2.84. The van der Waals surface area contributed by atoms with Crippen LogP contribution < -0.4 is 10.6 Å². The van der Waals surface area contributed by atoms with Gasteiger partial charge in [-0.1, -0.05) is 6.42 Å². The normalized spacial score (nSPS) is 15.5. The number of hydrogen-bond acceptors (Lipinski definition) is 4. The molecule has 23 heavy (non-hydrogen) atoms. The third-order valence-corrected chi connectivity index (χ3v) is 3.99. The maximum Gasteiger partial charge on any atom is 0.315 e. The Hall–Kier alpha value is -2.38. The Balaban J connectivity index is 1.48. The van der Waals surface area contributed by atoms with Crippen molar-refractivity contribution in [1.82, 2.24) is 35.2 Å². The molecule has 124 valence electrons. The van der Waals surface area contributed by atoms with Crippen molar-refractivity contribution in [2.45, 2.75) is 58.3 Å². The van der Waals surface area contributed by atoms with Crippen LogP contribution in [0.2, 0.25) is 0 Å². The second kappa shape index (κ2) is 7.26. The van der Waals surface area contributed by atoms with Gasteiger partial charge >= 0.3 is 6.03 Å². The molecule has 0 radical (unpaired) electrons. The molecule has 8 heteroatoms. The number of carbonyl (C=O) groups is 1. The third kappa shape index (κ3) is 4.08. The second-order valence-corrected chi connectivity index (χ2v) is 5.95. The molecule has 2 amide bonds. The van der Waals surface area contributed by atoms with Gasteiger partial charge in [0.15, 0.2) is 5.82 Å². The highest BCUT2D eigenvalue weighted by atomic mass is 16.2. The number of urea groups is 1. The Morgan fingerprint density at radius 3 is 3.09 bits per heavy atom. The first-order valence-electron chi connectivity index (χ1n) is 8.15. The summed E-state index contributed by atoms with van der Waals surface area (Å²) < 4.78 is 3.93. The van der Waals surface area contributed by atoms with E-state index in [0.29, 0.717) is 13.1 Å². The minimum absolute atomic E-state index is 0.00888. The van der Waals surface area contributed by atoms with Crippen molar-refractivity contribution < 1.29 is 4.79 Å². The average molecular weight is 317 g/mol. The molecular weight excluding hydrogens is 294 g/mol. The first kappa shape index (κ1) is 15.5. The summed E-state index contributed by atoms with van der Waals surface area (Å²) in [4.78, 5) is 12.0. The zero-order valence-corrected chi connectivity index (χ0v) is 13.4. The van der Waals surface area contributed by atoms with Crippen LogP contribution in [0.1, 0.15) is 37.8 Å². The number of hydrogen-bond donors (Lipinski definition) is 2. The number of rotatable bonds is 5. The maximum absolute atomic E-state index is 12.0. The summed E-state index contributed by atoms with van der Waals surface area (Å²) in [5.41, 5.74) is 0. The highest BCUT2D eigenvalue weighted by molar-refractivity contribution is 5.74. The highest BCUT2D eigenvalue weighted by Gasteiger charge is 2.15. The molecule has 0 aromatic carbocycles. The van der Waals surface area contributed by atoms with Crippen LogP contribution in [-0.2, 0) is 26.1 Å². The van der Waals surface area contributed by atoms with Gasteiger partial charge in [0.2, 0.25) is 0 Å². The van der Waals surface area contributed by atoms with E-state index in [1.807, 2.05) is 19.2 Å². The molecule has 1 aliphatic rings. The summed E-state index contributed by atoms with van der Waals surface area (Å²) in [7, 11) is 0. The number of aryl methyl sites for hydroxylation is 1. The molecule has 0 aliphatic carbocycles. The monoisotopic (exact) mass is 317 g/mol. The molecule has 2 aromatic heterocycles. The predicted molar refractivity (Wildman–Crippen MR) is 84.6 cm³/mol. The summed E-state index contributed by atoms with van der Waals surface area (Å²) >= 11 is 0. The molecular formula is C15H23N7O. The van der Waals surface area contributed by atoms with Crippen LogP contribution in [0.3, 0.4) is 0 Å². The van der Waals surface area contributed by atoms with Crippen molar-refractivity contribution in [2.75, 3.05) is 0 Å². The van der Waals surface area contributed by atoms with Gasteiger partial charge in [-0.05, 0) is 25.8 Å². The van der Waals surface area contributed by atoms with Gasteiger partial charge in [-0.15, -0.1) is 10.2 Å². The van der Waals surface area contributed by atoms with Gasteiger partial charge < -0.3 is 15.2 Å². The van der Waals surface area contributed by atoms with E-state index < -0.39 is 0 Å². The minimum atomic E-state index is -0.198. The van der Waals surface area contributed by atoms with Crippen molar-refractivity contribution in [3.63, 3.8) is 0 Å². The van der Waals surface area contributed by atoms with Crippen LogP contribution >= 0.6 is 0 Å². The van der Waals surface area contributed by atoms with Gasteiger partial charge in [-0.2, -0.15) is 5.10 Å². The van der Waals surface area contributed by atoms with Crippen molar-refractivity contribution in [1.29, 1.82) is 0 Å². The Bertz CT molecular complexity index is 634. The van der Waals surface area contributed by atoms with Gasteiger partial charge in [0.25, 0.3) is 0 Å². The first-order valence-corrected chi connectivity index (χ1v) is 8.15. The predicted octanol–water partition coefficient (Wildman–Crippen LogP) is 1.09. The number of nitrogens with zero attached hydrogens (tertiary/aromatic N) is 5. The SMILES string of the molecule is C[C@@H](Cn1cccn1)NC(=O)NCc1nnc2n1CCCCC2. The van der Waals surface area contributed by atoms with Gasteiger partial charge in [-0.25, -0.2) is 4.79 Å². The van der Waals surface area contributed by atoms with Crippen LogP contribution in [0.5, 0.6) is 0 Å². The zero-order chi connectivity index (χ0) is 16.1. The summed E-state index contributed by atoms with van der Waals surface area (Å²) in [6.45, 7) is 3.93. The van der Waals surface area contributed by atoms with E-state index in [1.54, 1.807) is 10.9 Å². The summed E-state index contributed by atoms with van der Waals surface area (Å²) in [5.74, 6) is 1.86. The first-order chi connectivity index (χ1) is 11.2. The van der Waals surface area contributed by atoms with Crippen LogP contribution in [0.4, 0.5) is 4.79 Å². The Kier molecular flexibility index (Phi) is 4.89. The van der Waals surface area contributed by atoms with Crippen molar-refractivity contribution >= 4 is 6.03 Å². The van der Waals surface area contributed by atoms with E-state index in [9.17, 15) is 4.79 Å². The third-order valence-electron chi connectivity index (χ3n) is 3.99. The number of carbonyl (C=O) groups excluding carboxylic acids is 1. The minimum Gasteiger partial charge on any atom is -0.334 e. The summed E-state index contributed by atoms with van der Waals surface area (Å²) in [6.07, 6.45) is 8.11. The molecule has 0 bridgehead atoms. The lowest BCUT2D eigenvalue weighted by Gasteiger charge is -2.15. The number of nitrogens with one attached hydrogen (secondary N) is 2. The lowest BCUT2D eigenvalue weighted by molar-refractivity contribution is 0.235. The van der Waals surface area contributed by atoms with E-state index in [4.69, 9.17) is 0 Å². The fourth-order valence-electron chi connectivity index (χ4n) is 2.84. The van der Waals surface area contributed by atoms with Crippen molar-refractivity contribution in [2.24, 2.45) is 0 Å². The number of aromatic nitrogens is 5. The number of fused-ring (bicyclic) bond motifs is 1. The van der Waals surface area contributed by atoms with Crippen LogP contribution in [0.25, 0.3) is 0 Å². The summed E-state index contributed by atoms with van der Waals surface area (Å²) in [6, 6.07) is 1.66. The Morgan fingerprint density at radius 1 is 1.35 bits per heavy atom. The molecule has 0 unspecified atom stereocenters. The van der Waals surface area contributed by atoms with Crippen molar-refractivity contribution in [3.8, 4) is 0 Å². The Labute approximate surface area is 135 Å². The van der Waals surface area contributed by atoms with E-state index in [-0.39, 0.29) is 12.1 Å². The highest BCUT2D eigenvalue weighted by Crippen LogP contribution is 2.14. The molecule has 0 saturated carbocycles. The quantitative estimate of drug-likeness (QED) is 0.864. The maximum atomic E-state index is 12.0. The van der Waals surface area contributed by atoms with E-state index in [2.05, 4.69) is 30.5 Å². The van der Waals surface area contributed by atoms with Crippen LogP contribution in [0, 0.1) is 0 Å². The van der Waals surface area contributed by atoms with Crippen LogP contribution in [-0.4, -0.2) is 36.6 Å². The standard InChI is InChI=1S/C15H23N7O/c1-12(11-21-8-5-7-17-21)18-15(23)16-10-14-20-19-13-6-3-2-4-9-22(13)14/h5,7-8,12H,2-4,6,9-11H2,1H3,(H2,16,18,23)/t12-/m0/s1.